The van der Waals surface area contributed by atoms with Gasteiger partial charge in [-0.2, -0.15) is 5.10 Å². The highest BCUT2D eigenvalue weighted by atomic mass is 35.5. The van der Waals surface area contributed by atoms with Crippen LogP contribution in [0.3, 0.4) is 0 Å². The van der Waals surface area contributed by atoms with Crippen molar-refractivity contribution in [2.24, 2.45) is 0 Å². The predicted octanol–water partition coefficient (Wildman–Crippen LogP) is 4.08. The Morgan fingerprint density at radius 3 is 2.70 bits per heavy atom. The number of nitrogens with zero attached hydrogens (tertiary/aromatic N) is 3. The molecule has 1 aliphatic rings. The Morgan fingerprint density at radius 1 is 1.21 bits per heavy atom. The fourth-order valence-electron chi connectivity index (χ4n) is 4.16. The molecule has 7 nitrogen and oxygen atoms in total. The molecule has 3 aromatic rings. The Balaban J connectivity index is 1.78. The first-order valence-electron chi connectivity index (χ1n) is 10.9. The molecule has 0 bridgehead atoms. The van der Waals surface area contributed by atoms with Crippen molar-refractivity contribution >= 4 is 29.1 Å². The average molecular weight is 467 g/mol. The molecule has 0 fully saturated rings. The van der Waals surface area contributed by atoms with Crippen LogP contribution < -0.4 is 10.2 Å². The van der Waals surface area contributed by atoms with E-state index in [2.05, 4.69) is 10.4 Å². The molecule has 0 saturated carbocycles. The van der Waals surface area contributed by atoms with Crippen molar-refractivity contribution in [3.05, 3.63) is 70.9 Å². The van der Waals surface area contributed by atoms with Gasteiger partial charge in [0, 0.05) is 36.5 Å². The third-order valence-corrected chi connectivity index (χ3v) is 6.41. The van der Waals surface area contributed by atoms with Gasteiger partial charge in [0.25, 0.3) is 5.91 Å². The molecule has 4 rings (SSSR count). The summed E-state index contributed by atoms with van der Waals surface area (Å²) in [4.78, 5) is 28.9. The third kappa shape index (κ3) is 4.26. The van der Waals surface area contributed by atoms with Gasteiger partial charge in [-0.05, 0) is 44.0 Å². The fourth-order valence-corrected chi connectivity index (χ4v) is 4.33. The predicted molar refractivity (Wildman–Crippen MR) is 129 cm³/mol. The first-order chi connectivity index (χ1) is 15.9. The van der Waals surface area contributed by atoms with E-state index in [0.717, 1.165) is 11.1 Å². The number of carbonyl (C=O) groups excluding carboxylic acids is 2. The van der Waals surface area contributed by atoms with E-state index in [0.29, 0.717) is 41.7 Å². The van der Waals surface area contributed by atoms with Crippen LogP contribution in [0.1, 0.15) is 29.4 Å². The zero-order chi connectivity index (χ0) is 23.6. The average Bonchev–Trinajstić information content (AvgIpc) is 3.24. The van der Waals surface area contributed by atoms with E-state index in [4.69, 9.17) is 16.3 Å². The molecule has 1 aliphatic heterocycles. The second kappa shape index (κ2) is 9.37. The quantitative estimate of drug-likeness (QED) is 0.532. The minimum absolute atomic E-state index is 0.211. The van der Waals surface area contributed by atoms with Gasteiger partial charge in [0.1, 0.15) is 11.2 Å². The second-order valence-corrected chi connectivity index (χ2v) is 8.75. The molecule has 33 heavy (non-hydrogen) atoms. The summed E-state index contributed by atoms with van der Waals surface area (Å²) in [5.74, 6) is -0.551. The molecule has 172 valence electrons. The number of aromatic nitrogens is 2. The van der Waals surface area contributed by atoms with Crippen molar-refractivity contribution in [3.63, 3.8) is 0 Å². The largest absolute Gasteiger partial charge is 0.385 e. The number of carbonyl (C=O) groups is 2. The number of hydrogen-bond donors (Lipinski definition) is 1. The molecule has 2 heterocycles. The maximum atomic E-state index is 13.8. The zero-order valence-corrected chi connectivity index (χ0v) is 19.7. The Morgan fingerprint density at radius 2 is 1.97 bits per heavy atom. The van der Waals surface area contributed by atoms with Gasteiger partial charge in [-0.15, -0.1) is 0 Å². The number of anilines is 1. The van der Waals surface area contributed by atoms with E-state index in [9.17, 15) is 9.59 Å². The molecular formula is C25H27ClN4O3. The first kappa shape index (κ1) is 23.0. The number of halogens is 1. The number of benzene rings is 2. The highest BCUT2D eigenvalue weighted by Gasteiger charge is 2.49. The van der Waals surface area contributed by atoms with Crippen molar-refractivity contribution in [1.29, 1.82) is 0 Å². The van der Waals surface area contributed by atoms with Crippen LogP contribution in [-0.4, -0.2) is 47.4 Å². The van der Waals surface area contributed by atoms with Crippen molar-refractivity contribution in [2.75, 3.05) is 25.2 Å². The van der Waals surface area contributed by atoms with Crippen molar-refractivity contribution in [3.8, 4) is 11.3 Å². The van der Waals surface area contributed by atoms with E-state index >= 15 is 0 Å². The van der Waals surface area contributed by atoms with E-state index < -0.39 is 5.54 Å². The molecule has 1 aromatic heterocycles. The Labute approximate surface area is 198 Å². The first-order valence-corrected chi connectivity index (χ1v) is 11.2. The molecule has 2 amide bonds. The number of nitrogens with one attached hydrogen (secondary N) is 1. The van der Waals surface area contributed by atoms with Gasteiger partial charge in [0.15, 0.2) is 0 Å². The maximum Gasteiger partial charge on any atom is 0.277 e. The minimum atomic E-state index is -1.20. The molecular weight excluding hydrogens is 440 g/mol. The molecule has 0 aliphatic carbocycles. The maximum absolute atomic E-state index is 13.8. The highest BCUT2D eigenvalue weighted by molar-refractivity contribution is 6.32. The summed E-state index contributed by atoms with van der Waals surface area (Å²) in [5.41, 5.74) is 2.16. The van der Waals surface area contributed by atoms with E-state index in [-0.39, 0.29) is 18.4 Å². The van der Waals surface area contributed by atoms with Crippen LogP contribution in [0.2, 0.25) is 5.02 Å². The van der Waals surface area contributed by atoms with Crippen LogP contribution in [0.25, 0.3) is 11.3 Å². The van der Waals surface area contributed by atoms with Gasteiger partial charge in [0.2, 0.25) is 5.91 Å². The second-order valence-electron chi connectivity index (χ2n) is 8.34. The number of methoxy groups -OCH3 is 1. The molecule has 0 spiro atoms. The van der Waals surface area contributed by atoms with Gasteiger partial charge < -0.3 is 10.1 Å². The van der Waals surface area contributed by atoms with Crippen LogP contribution in [0, 0.1) is 6.92 Å². The summed E-state index contributed by atoms with van der Waals surface area (Å²) >= 11 is 6.39. The molecule has 1 atom stereocenters. The van der Waals surface area contributed by atoms with Crippen LogP contribution in [0.4, 0.5) is 5.69 Å². The van der Waals surface area contributed by atoms with Gasteiger partial charge in [-0.3, -0.25) is 19.2 Å². The lowest BCUT2D eigenvalue weighted by Crippen LogP contribution is -2.64. The van der Waals surface area contributed by atoms with E-state index in [1.54, 1.807) is 41.8 Å². The Bertz CT molecular complexity index is 1180. The Kier molecular flexibility index (Phi) is 6.54. The number of hydrogen-bond acceptors (Lipinski definition) is 4. The van der Waals surface area contributed by atoms with E-state index in [1.807, 2.05) is 43.3 Å². The fraction of sp³-hybridized carbons (Fsp3) is 0.320. The van der Waals surface area contributed by atoms with Crippen molar-refractivity contribution < 1.29 is 14.3 Å². The van der Waals surface area contributed by atoms with E-state index in [1.165, 1.54) is 0 Å². The smallest absolute Gasteiger partial charge is 0.277 e. The monoisotopic (exact) mass is 466 g/mol. The van der Waals surface area contributed by atoms with Gasteiger partial charge in [-0.1, -0.05) is 48.0 Å². The summed E-state index contributed by atoms with van der Waals surface area (Å²) in [5, 5.41) is 8.17. The zero-order valence-electron chi connectivity index (χ0n) is 19.0. The molecule has 0 unspecified atom stereocenters. The number of fused-ring (bicyclic) bond motifs is 1. The Hall–Kier alpha value is -3.16. The number of ether oxygens (including phenoxy) is 1. The number of rotatable bonds is 7. The van der Waals surface area contributed by atoms with Gasteiger partial charge >= 0.3 is 0 Å². The summed E-state index contributed by atoms with van der Waals surface area (Å²) in [6.07, 6.45) is 0.674. The third-order valence-electron chi connectivity index (χ3n) is 6.00. The normalized spacial score (nSPS) is 17.7. The molecule has 8 heteroatoms. The summed E-state index contributed by atoms with van der Waals surface area (Å²) < 4.78 is 6.71. The van der Waals surface area contributed by atoms with Crippen LogP contribution in [0.5, 0.6) is 0 Å². The number of amides is 2. The van der Waals surface area contributed by atoms with Crippen molar-refractivity contribution in [1.82, 2.24) is 15.1 Å². The van der Waals surface area contributed by atoms with Crippen LogP contribution in [-0.2, 0) is 16.1 Å². The molecule has 0 radical (unpaired) electrons. The molecule has 2 aromatic carbocycles. The lowest BCUT2D eigenvalue weighted by Gasteiger charge is -2.43. The summed E-state index contributed by atoms with van der Waals surface area (Å²) in [6.45, 7) is 4.81. The lowest BCUT2D eigenvalue weighted by molar-refractivity contribution is -0.126. The molecule has 1 N–H and O–H groups in total. The lowest BCUT2D eigenvalue weighted by atomic mass is 9.93. The van der Waals surface area contributed by atoms with Crippen molar-refractivity contribution in [2.45, 2.75) is 32.4 Å². The summed E-state index contributed by atoms with van der Waals surface area (Å²) in [7, 11) is 1.62. The summed E-state index contributed by atoms with van der Waals surface area (Å²) in [6, 6.07) is 16.8. The SMILES string of the molecule is COCCCNC(=O)[C@@]1(C)Cn2nc(-c3ccccc3)cc2C(=O)N1c1cccc(Cl)c1C. The standard InChI is InChI=1S/C25H27ClN4O3/c1-17-19(26)11-7-12-21(17)30-23(31)22-15-20(18-9-5-4-6-10-18)28-29(22)16-25(30,2)24(32)27-13-8-14-33-3/h4-7,9-12,15H,8,13-14,16H2,1-3H3,(H,27,32)/t25-/m1/s1. The van der Waals surface area contributed by atoms with Crippen LogP contribution in [0.15, 0.2) is 54.6 Å². The molecule has 0 saturated heterocycles. The van der Waals surface area contributed by atoms with Gasteiger partial charge in [0.05, 0.1) is 12.2 Å². The van der Waals surface area contributed by atoms with Gasteiger partial charge in [-0.25, -0.2) is 0 Å². The highest BCUT2D eigenvalue weighted by Crippen LogP contribution is 2.37. The topological polar surface area (TPSA) is 76.5 Å². The minimum Gasteiger partial charge on any atom is -0.385 e. The van der Waals surface area contributed by atoms with Crippen LogP contribution >= 0.6 is 11.6 Å².